The van der Waals surface area contributed by atoms with E-state index in [-0.39, 0.29) is 28.4 Å². The third kappa shape index (κ3) is 5.73. The molecular weight excluding hydrogens is 492 g/mol. The van der Waals surface area contributed by atoms with Gasteiger partial charge in [0.25, 0.3) is 5.56 Å². The molecule has 0 bridgehead atoms. The highest BCUT2D eigenvalue weighted by Gasteiger charge is 2.28. The fourth-order valence-electron chi connectivity index (χ4n) is 4.86. The molecule has 3 heterocycles. The highest BCUT2D eigenvalue weighted by molar-refractivity contribution is 7.89. The lowest BCUT2D eigenvalue weighted by Crippen LogP contribution is -2.47. The Kier molecular flexibility index (Phi) is 8.35. The summed E-state index contributed by atoms with van der Waals surface area (Å²) < 4.78 is 37.1. The Morgan fingerprint density at radius 3 is 2.57 bits per heavy atom. The van der Waals surface area contributed by atoms with Crippen LogP contribution in [0.4, 0.5) is 0 Å². The van der Waals surface area contributed by atoms with E-state index in [1.807, 2.05) is 20.8 Å². The van der Waals surface area contributed by atoms with E-state index in [4.69, 9.17) is 9.72 Å². The second kappa shape index (κ2) is 11.3. The van der Waals surface area contributed by atoms with Gasteiger partial charge in [-0.05, 0) is 70.8 Å². The van der Waals surface area contributed by atoms with Gasteiger partial charge >= 0.3 is 0 Å². The second-order valence-corrected chi connectivity index (χ2v) is 11.5. The molecule has 1 saturated heterocycles. The van der Waals surface area contributed by atoms with Gasteiger partial charge in [0, 0.05) is 19.1 Å². The monoisotopic (exact) mass is 530 g/mol. The number of H-pyrrole nitrogens is 1. The van der Waals surface area contributed by atoms with Gasteiger partial charge in [0.1, 0.15) is 17.1 Å². The number of nitrogens with one attached hydrogen (secondary N) is 2. The quantitative estimate of drug-likeness (QED) is 0.390. The number of aromatic amines is 1. The lowest BCUT2D eigenvalue weighted by Gasteiger charge is -2.29. The average molecular weight is 531 g/mol. The molecule has 1 aliphatic rings. The van der Waals surface area contributed by atoms with Crippen LogP contribution in [-0.4, -0.2) is 64.8 Å². The number of ether oxygens (including phenoxy) is 1. The highest BCUT2D eigenvalue weighted by Crippen LogP contribution is 2.31. The number of hydrogen-bond donors (Lipinski definition) is 2. The van der Waals surface area contributed by atoms with Crippen molar-refractivity contribution in [2.75, 3.05) is 19.7 Å². The molecule has 0 radical (unpaired) electrons. The van der Waals surface area contributed by atoms with Crippen molar-refractivity contribution < 1.29 is 13.2 Å². The first kappa shape index (κ1) is 27.3. The summed E-state index contributed by atoms with van der Waals surface area (Å²) in [6.45, 7) is 10.4. The largest absolute Gasteiger partial charge is 0.493 e. The van der Waals surface area contributed by atoms with E-state index in [1.165, 1.54) is 16.8 Å². The Bertz CT molecular complexity index is 1410. The molecule has 202 valence electrons. The van der Waals surface area contributed by atoms with E-state index in [9.17, 15) is 13.2 Å². The number of likely N-dealkylation sites (tertiary alicyclic amines) is 1. The number of hydrogen-bond acceptors (Lipinski definition) is 7. The van der Waals surface area contributed by atoms with Crippen molar-refractivity contribution in [2.24, 2.45) is 7.05 Å². The molecule has 0 spiro atoms. The summed E-state index contributed by atoms with van der Waals surface area (Å²) in [5.74, 6) is 0.715. The Hall–Kier alpha value is -2.76. The zero-order valence-electron chi connectivity index (χ0n) is 22.4. The van der Waals surface area contributed by atoms with E-state index in [1.54, 1.807) is 13.1 Å². The maximum atomic E-state index is 13.4. The van der Waals surface area contributed by atoms with Crippen LogP contribution in [0, 0.1) is 0 Å². The normalized spacial score (nSPS) is 16.4. The van der Waals surface area contributed by atoms with E-state index in [0.29, 0.717) is 35.4 Å². The summed E-state index contributed by atoms with van der Waals surface area (Å²) in [6.07, 6.45) is 4.59. The third-order valence-corrected chi connectivity index (χ3v) is 8.57. The van der Waals surface area contributed by atoms with Gasteiger partial charge in [-0.1, -0.05) is 20.3 Å². The smallest absolute Gasteiger partial charge is 0.277 e. The molecule has 37 heavy (non-hydrogen) atoms. The molecule has 0 aliphatic carbocycles. The van der Waals surface area contributed by atoms with Crippen molar-refractivity contribution in [1.82, 2.24) is 29.4 Å². The van der Waals surface area contributed by atoms with E-state index in [0.717, 1.165) is 44.5 Å². The fraction of sp³-hybridized carbons (Fsp3) is 0.577. The van der Waals surface area contributed by atoms with Crippen LogP contribution in [0.3, 0.4) is 0 Å². The van der Waals surface area contributed by atoms with Crippen molar-refractivity contribution >= 4 is 21.1 Å². The van der Waals surface area contributed by atoms with Gasteiger partial charge in [0.2, 0.25) is 10.0 Å². The number of benzene rings is 1. The summed E-state index contributed by atoms with van der Waals surface area (Å²) >= 11 is 0. The van der Waals surface area contributed by atoms with Gasteiger partial charge in [-0.15, -0.1) is 0 Å². The van der Waals surface area contributed by atoms with Crippen molar-refractivity contribution in [1.29, 1.82) is 0 Å². The van der Waals surface area contributed by atoms with E-state index < -0.39 is 10.0 Å². The molecule has 2 N–H and O–H groups in total. The summed E-state index contributed by atoms with van der Waals surface area (Å²) in [6, 6.07) is 4.50. The number of sulfonamides is 1. The number of aromatic nitrogens is 4. The molecular formula is C26H38N6O4S. The van der Waals surface area contributed by atoms with Crippen LogP contribution < -0.4 is 15.0 Å². The fourth-order valence-corrected chi connectivity index (χ4v) is 6.20. The van der Waals surface area contributed by atoms with Crippen LogP contribution in [0.1, 0.15) is 59.1 Å². The average Bonchev–Trinajstić information content (AvgIpc) is 3.51. The maximum Gasteiger partial charge on any atom is 0.277 e. The van der Waals surface area contributed by atoms with Crippen LogP contribution in [-0.2, 0) is 23.5 Å². The van der Waals surface area contributed by atoms with Gasteiger partial charge in [-0.25, -0.2) is 18.1 Å². The second-order valence-electron chi connectivity index (χ2n) is 9.83. The topological polar surface area (TPSA) is 122 Å². The zero-order chi connectivity index (χ0) is 26.7. The van der Waals surface area contributed by atoms with Gasteiger partial charge in [0.15, 0.2) is 5.52 Å². The summed E-state index contributed by atoms with van der Waals surface area (Å²) in [7, 11) is -2.12. The van der Waals surface area contributed by atoms with Gasteiger partial charge in [-0.2, -0.15) is 5.10 Å². The van der Waals surface area contributed by atoms with Crippen LogP contribution >= 0.6 is 0 Å². The SMILES string of the molecule is CCCOc1ccc(S(=O)(=O)NC(C)C(C)N2CCCC2)cc1-c1nc2c(CCC)nn(C)c2c(=O)[nH]1. The molecule has 1 aliphatic heterocycles. The lowest BCUT2D eigenvalue weighted by molar-refractivity contribution is 0.225. The summed E-state index contributed by atoms with van der Waals surface area (Å²) in [5.41, 5.74) is 1.72. The predicted octanol–water partition coefficient (Wildman–Crippen LogP) is 3.22. The number of rotatable bonds is 11. The third-order valence-electron chi connectivity index (χ3n) is 7.01. The molecule has 1 aromatic carbocycles. The van der Waals surface area contributed by atoms with Gasteiger partial charge in [0.05, 0.1) is 22.8 Å². The minimum absolute atomic E-state index is 0.0758. The van der Waals surface area contributed by atoms with Crippen LogP contribution in [0.2, 0.25) is 0 Å². The number of fused-ring (bicyclic) bond motifs is 1. The molecule has 0 saturated carbocycles. The number of nitrogens with zero attached hydrogens (tertiary/aromatic N) is 4. The van der Waals surface area contributed by atoms with E-state index >= 15 is 0 Å². The summed E-state index contributed by atoms with van der Waals surface area (Å²) in [4.78, 5) is 23.0. The molecule has 10 nitrogen and oxygen atoms in total. The Morgan fingerprint density at radius 2 is 1.89 bits per heavy atom. The minimum atomic E-state index is -3.84. The molecule has 0 amide bonds. The summed E-state index contributed by atoms with van der Waals surface area (Å²) in [5, 5.41) is 4.48. The Morgan fingerprint density at radius 1 is 1.16 bits per heavy atom. The lowest BCUT2D eigenvalue weighted by atomic mass is 10.1. The molecule has 2 atom stereocenters. The molecule has 4 rings (SSSR count). The molecule has 2 unspecified atom stereocenters. The first-order valence-corrected chi connectivity index (χ1v) is 14.6. The van der Waals surface area contributed by atoms with Crippen LogP contribution in [0.5, 0.6) is 5.75 Å². The molecule has 3 aromatic rings. The van der Waals surface area contributed by atoms with Crippen molar-refractivity contribution in [3.63, 3.8) is 0 Å². The first-order chi connectivity index (χ1) is 17.7. The molecule has 1 fully saturated rings. The van der Waals surface area contributed by atoms with Crippen LogP contribution in [0.15, 0.2) is 27.9 Å². The Balaban J connectivity index is 1.75. The zero-order valence-corrected chi connectivity index (χ0v) is 23.2. The Labute approximate surface area is 218 Å². The predicted molar refractivity (Wildman–Crippen MR) is 144 cm³/mol. The first-order valence-electron chi connectivity index (χ1n) is 13.2. The standard InChI is InChI=1S/C26H38N6O4S/c1-6-10-21-23-24(31(5)29-21)26(33)28-25(27-23)20-16-19(11-12-22(20)36-15-7-2)37(34,35)30-17(3)18(4)32-13-8-9-14-32/h11-12,16-18,30H,6-10,13-15H2,1-5H3,(H,27,28,33). The highest BCUT2D eigenvalue weighted by atomic mass is 32.2. The van der Waals surface area contributed by atoms with Crippen molar-refractivity contribution in [3.8, 4) is 17.1 Å². The molecule has 2 aromatic heterocycles. The van der Waals surface area contributed by atoms with Gasteiger partial charge in [-0.3, -0.25) is 14.4 Å². The minimum Gasteiger partial charge on any atom is -0.493 e. The maximum absolute atomic E-state index is 13.4. The van der Waals surface area contributed by atoms with Gasteiger partial charge < -0.3 is 9.72 Å². The van der Waals surface area contributed by atoms with Crippen molar-refractivity contribution in [2.45, 2.75) is 76.8 Å². The van der Waals surface area contributed by atoms with Crippen molar-refractivity contribution in [3.05, 3.63) is 34.2 Å². The molecule has 11 heteroatoms. The number of aryl methyl sites for hydroxylation is 2. The van der Waals surface area contributed by atoms with Crippen LogP contribution in [0.25, 0.3) is 22.4 Å². The van der Waals surface area contributed by atoms with E-state index in [2.05, 4.69) is 26.6 Å².